The zero-order valence-corrected chi connectivity index (χ0v) is 10.6. The highest BCUT2D eigenvalue weighted by atomic mass is 19.1. The number of anilines is 1. The van der Waals surface area contributed by atoms with Crippen LogP contribution in [0.3, 0.4) is 0 Å². The summed E-state index contributed by atoms with van der Waals surface area (Å²) in [7, 11) is 0. The first-order valence-electron chi connectivity index (χ1n) is 6.10. The van der Waals surface area contributed by atoms with Crippen LogP contribution in [0.1, 0.15) is 5.56 Å². The molecule has 2 aromatic heterocycles. The van der Waals surface area contributed by atoms with Crippen molar-refractivity contribution in [3.63, 3.8) is 0 Å². The SMILES string of the molecule is Fc1cccc(CNc2cc(-n3ccnc3)ncn2)c1. The van der Waals surface area contributed by atoms with Gasteiger partial charge in [-0.1, -0.05) is 12.1 Å². The van der Waals surface area contributed by atoms with Gasteiger partial charge in [-0.25, -0.2) is 19.3 Å². The summed E-state index contributed by atoms with van der Waals surface area (Å²) >= 11 is 0. The Labute approximate surface area is 115 Å². The van der Waals surface area contributed by atoms with Gasteiger partial charge in [-0.3, -0.25) is 4.57 Å². The van der Waals surface area contributed by atoms with E-state index >= 15 is 0 Å². The first-order valence-corrected chi connectivity index (χ1v) is 6.10. The molecule has 0 atom stereocenters. The first-order chi connectivity index (χ1) is 9.81. The van der Waals surface area contributed by atoms with E-state index in [9.17, 15) is 4.39 Å². The lowest BCUT2D eigenvalue weighted by atomic mass is 10.2. The van der Waals surface area contributed by atoms with E-state index in [1.54, 1.807) is 35.4 Å². The van der Waals surface area contributed by atoms with Crippen molar-refractivity contribution >= 4 is 5.82 Å². The highest BCUT2D eigenvalue weighted by Crippen LogP contribution is 2.10. The molecule has 3 rings (SSSR count). The minimum Gasteiger partial charge on any atom is -0.366 e. The number of halogens is 1. The molecule has 0 aliphatic carbocycles. The van der Waals surface area contributed by atoms with E-state index in [1.807, 2.05) is 6.07 Å². The summed E-state index contributed by atoms with van der Waals surface area (Å²) in [4.78, 5) is 12.3. The molecular weight excluding hydrogens is 257 g/mol. The number of rotatable bonds is 4. The third-order valence-corrected chi connectivity index (χ3v) is 2.78. The summed E-state index contributed by atoms with van der Waals surface area (Å²) in [5.41, 5.74) is 0.854. The maximum Gasteiger partial charge on any atom is 0.143 e. The molecule has 0 unspecified atom stereocenters. The van der Waals surface area contributed by atoms with Crippen molar-refractivity contribution in [3.8, 4) is 5.82 Å². The monoisotopic (exact) mass is 269 g/mol. The minimum atomic E-state index is -0.244. The molecule has 0 spiro atoms. The molecule has 1 N–H and O–H groups in total. The van der Waals surface area contributed by atoms with Gasteiger partial charge in [0.1, 0.15) is 30.1 Å². The topological polar surface area (TPSA) is 55.6 Å². The first kappa shape index (κ1) is 12.3. The number of hydrogen-bond donors (Lipinski definition) is 1. The maximum absolute atomic E-state index is 13.1. The molecule has 6 heteroatoms. The van der Waals surface area contributed by atoms with Crippen molar-refractivity contribution in [1.29, 1.82) is 0 Å². The van der Waals surface area contributed by atoms with E-state index in [0.29, 0.717) is 12.4 Å². The van der Waals surface area contributed by atoms with E-state index < -0.39 is 0 Å². The molecule has 0 amide bonds. The van der Waals surface area contributed by atoms with Crippen LogP contribution in [0, 0.1) is 5.82 Å². The predicted molar refractivity (Wildman–Crippen MR) is 72.9 cm³/mol. The van der Waals surface area contributed by atoms with Crippen molar-refractivity contribution in [1.82, 2.24) is 19.5 Å². The van der Waals surface area contributed by atoms with Crippen LogP contribution in [0.25, 0.3) is 5.82 Å². The van der Waals surface area contributed by atoms with Crippen molar-refractivity contribution in [3.05, 3.63) is 66.8 Å². The molecule has 0 aliphatic heterocycles. The summed E-state index contributed by atoms with van der Waals surface area (Å²) in [5.74, 6) is 1.15. The van der Waals surface area contributed by atoms with Crippen LogP contribution < -0.4 is 5.32 Å². The standard InChI is InChI=1S/C14H12FN5/c15-12-3-1-2-11(6-12)8-17-13-7-14(19-9-18-13)20-5-4-16-10-20/h1-7,9-10H,8H2,(H,17,18,19). The molecule has 0 fully saturated rings. The normalized spacial score (nSPS) is 10.4. The molecule has 0 saturated carbocycles. The Morgan fingerprint density at radius 1 is 1.20 bits per heavy atom. The van der Waals surface area contributed by atoms with E-state index in [-0.39, 0.29) is 5.82 Å². The summed E-state index contributed by atoms with van der Waals surface area (Å²) < 4.78 is 14.9. The van der Waals surface area contributed by atoms with Gasteiger partial charge in [-0.2, -0.15) is 0 Å². The van der Waals surface area contributed by atoms with Gasteiger partial charge >= 0.3 is 0 Å². The van der Waals surface area contributed by atoms with E-state index in [1.165, 1.54) is 18.5 Å². The molecule has 2 heterocycles. The van der Waals surface area contributed by atoms with Gasteiger partial charge in [0.05, 0.1) is 0 Å². The van der Waals surface area contributed by atoms with Gasteiger partial charge < -0.3 is 5.32 Å². The van der Waals surface area contributed by atoms with Gasteiger partial charge in [-0.15, -0.1) is 0 Å². The number of aromatic nitrogens is 4. The molecule has 1 aromatic carbocycles. The molecule has 0 bridgehead atoms. The minimum absolute atomic E-state index is 0.244. The van der Waals surface area contributed by atoms with Crippen LogP contribution in [0.4, 0.5) is 10.2 Å². The molecule has 0 saturated heterocycles. The van der Waals surface area contributed by atoms with Crippen LogP contribution in [-0.4, -0.2) is 19.5 Å². The van der Waals surface area contributed by atoms with Gasteiger partial charge in [0.15, 0.2) is 0 Å². The highest BCUT2D eigenvalue weighted by molar-refractivity contribution is 5.41. The lowest BCUT2D eigenvalue weighted by Crippen LogP contribution is -2.04. The Morgan fingerprint density at radius 3 is 2.95 bits per heavy atom. The Kier molecular flexibility index (Phi) is 3.36. The second-order valence-electron chi connectivity index (χ2n) is 4.21. The van der Waals surface area contributed by atoms with Gasteiger partial charge in [0.2, 0.25) is 0 Å². The van der Waals surface area contributed by atoms with Gasteiger partial charge in [0, 0.05) is 25.0 Å². The van der Waals surface area contributed by atoms with Crippen molar-refractivity contribution < 1.29 is 4.39 Å². The third-order valence-electron chi connectivity index (χ3n) is 2.78. The maximum atomic E-state index is 13.1. The van der Waals surface area contributed by atoms with Gasteiger partial charge in [0.25, 0.3) is 0 Å². The second-order valence-corrected chi connectivity index (χ2v) is 4.21. The smallest absolute Gasteiger partial charge is 0.143 e. The zero-order valence-electron chi connectivity index (χ0n) is 10.6. The molecule has 5 nitrogen and oxygen atoms in total. The van der Waals surface area contributed by atoms with Crippen LogP contribution in [0.15, 0.2) is 55.4 Å². The van der Waals surface area contributed by atoms with E-state index in [4.69, 9.17) is 0 Å². The van der Waals surface area contributed by atoms with Crippen LogP contribution in [-0.2, 0) is 6.54 Å². The summed E-state index contributed by atoms with van der Waals surface area (Å²) in [6.07, 6.45) is 6.63. The van der Waals surface area contributed by atoms with Gasteiger partial charge in [-0.05, 0) is 17.7 Å². The Hall–Kier alpha value is -2.76. The molecule has 0 aliphatic rings. The Bertz CT molecular complexity index is 696. The zero-order chi connectivity index (χ0) is 13.8. The lowest BCUT2D eigenvalue weighted by Gasteiger charge is -2.07. The summed E-state index contributed by atoms with van der Waals surface area (Å²) in [6.45, 7) is 0.498. The largest absolute Gasteiger partial charge is 0.366 e. The van der Waals surface area contributed by atoms with Crippen LogP contribution >= 0.6 is 0 Å². The Morgan fingerprint density at radius 2 is 2.15 bits per heavy atom. The fourth-order valence-electron chi connectivity index (χ4n) is 1.82. The Balaban J connectivity index is 1.73. The van der Waals surface area contributed by atoms with Crippen molar-refractivity contribution in [2.24, 2.45) is 0 Å². The molecule has 0 radical (unpaired) electrons. The number of nitrogens with one attached hydrogen (secondary N) is 1. The second kappa shape index (κ2) is 5.48. The molecule has 100 valence electrons. The highest BCUT2D eigenvalue weighted by Gasteiger charge is 2.01. The summed E-state index contributed by atoms with van der Waals surface area (Å²) in [5, 5.41) is 3.14. The van der Waals surface area contributed by atoms with Crippen LogP contribution in [0.2, 0.25) is 0 Å². The van der Waals surface area contributed by atoms with E-state index in [0.717, 1.165) is 11.4 Å². The molecule has 3 aromatic rings. The van der Waals surface area contributed by atoms with Crippen LogP contribution in [0.5, 0.6) is 0 Å². The summed E-state index contributed by atoms with van der Waals surface area (Å²) in [6, 6.07) is 8.26. The molecule has 20 heavy (non-hydrogen) atoms. The average Bonchev–Trinajstić information content (AvgIpc) is 3.00. The predicted octanol–water partition coefficient (Wildman–Crippen LogP) is 2.41. The number of benzene rings is 1. The average molecular weight is 269 g/mol. The molecular formula is C14H12FN5. The lowest BCUT2D eigenvalue weighted by molar-refractivity contribution is 0.626. The number of imidazole rings is 1. The number of hydrogen-bond acceptors (Lipinski definition) is 4. The van der Waals surface area contributed by atoms with E-state index in [2.05, 4.69) is 20.3 Å². The van der Waals surface area contributed by atoms with Crippen molar-refractivity contribution in [2.75, 3.05) is 5.32 Å². The number of nitrogens with zero attached hydrogens (tertiary/aromatic N) is 4. The third kappa shape index (κ3) is 2.80. The fourth-order valence-corrected chi connectivity index (χ4v) is 1.82. The quantitative estimate of drug-likeness (QED) is 0.790. The fraction of sp³-hybridized carbons (Fsp3) is 0.0714. The van der Waals surface area contributed by atoms with Crippen molar-refractivity contribution in [2.45, 2.75) is 6.54 Å².